The van der Waals surface area contributed by atoms with Gasteiger partial charge in [0.1, 0.15) is 0 Å². The summed E-state index contributed by atoms with van der Waals surface area (Å²) in [5.74, 6) is 0.0111. The average Bonchev–Trinajstić information content (AvgIpc) is 3.32. The van der Waals surface area contributed by atoms with E-state index in [-0.39, 0.29) is 12.0 Å². The lowest BCUT2D eigenvalue weighted by molar-refractivity contribution is -0.121. The summed E-state index contributed by atoms with van der Waals surface area (Å²) in [5.41, 5.74) is 2.83. The number of hydrogen-bond donors (Lipinski definition) is 1. The molecule has 5 nitrogen and oxygen atoms in total. The zero-order valence-corrected chi connectivity index (χ0v) is 15.1. The molecule has 25 heavy (non-hydrogen) atoms. The Labute approximate surface area is 154 Å². The Balaban J connectivity index is 1.46. The minimum atomic E-state index is 0.0111. The molecule has 1 atom stereocenters. The number of carbonyl (C=O) groups excluding carboxylic acids is 1. The molecule has 3 heterocycles. The molecule has 7 heteroatoms. The molecule has 1 fully saturated rings. The summed E-state index contributed by atoms with van der Waals surface area (Å²) in [6, 6.07) is 7.60. The molecule has 1 saturated heterocycles. The van der Waals surface area contributed by atoms with E-state index in [0.29, 0.717) is 18.0 Å². The first kappa shape index (κ1) is 16.6. The fraction of sp³-hybridized carbons (Fsp3) is 0.333. The van der Waals surface area contributed by atoms with Gasteiger partial charge in [0.25, 0.3) is 0 Å². The molecular weight excluding hydrogens is 358 g/mol. The summed E-state index contributed by atoms with van der Waals surface area (Å²) in [7, 11) is 0. The number of aromatic nitrogens is 2. The summed E-state index contributed by atoms with van der Waals surface area (Å²) in [5, 5.41) is 5.65. The lowest BCUT2D eigenvalue weighted by Crippen LogP contribution is -2.32. The highest BCUT2D eigenvalue weighted by Crippen LogP contribution is 2.25. The Morgan fingerprint density at radius 1 is 1.40 bits per heavy atom. The Morgan fingerprint density at radius 2 is 2.24 bits per heavy atom. The van der Waals surface area contributed by atoms with Gasteiger partial charge in [0.15, 0.2) is 4.96 Å². The second-order valence-electron chi connectivity index (χ2n) is 6.13. The van der Waals surface area contributed by atoms with E-state index in [1.807, 2.05) is 40.2 Å². The summed E-state index contributed by atoms with van der Waals surface area (Å²) < 4.78 is 7.52. The van der Waals surface area contributed by atoms with Crippen molar-refractivity contribution in [3.8, 4) is 11.3 Å². The molecule has 0 unspecified atom stereocenters. The third-order valence-electron chi connectivity index (χ3n) is 4.32. The minimum absolute atomic E-state index is 0.0111. The van der Waals surface area contributed by atoms with Gasteiger partial charge in [-0.25, -0.2) is 4.98 Å². The standard InChI is InChI=1S/C18H18ClN3O2S/c19-13-5-3-12(4-6-13)16-10-22-14(11-25-18(22)21-16)8-17(23)20-9-15-2-1-7-24-15/h3-6,10-11,15H,1-2,7-9H2,(H,20,23)/t15-/m1/s1. The summed E-state index contributed by atoms with van der Waals surface area (Å²) >= 11 is 7.48. The Hall–Kier alpha value is -1.89. The van der Waals surface area contributed by atoms with Crippen LogP contribution in [-0.2, 0) is 16.0 Å². The lowest BCUT2D eigenvalue weighted by atomic mass is 10.2. The molecule has 4 rings (SSSR count). The molecule has 1 aliphatic heterocycles. The second-order valence-corrected chi connectivity index (χ2v) is 7.40. The zero-order valence-electron chi connectivity index (χ0n) is 13.6. The number of nitrogens with one attached hydrogen (secondary N) is 1. The van der Waals surface area contributed by atoms with Crippen LogP contribution in [0, 0.1) is 0 Å². The maximum Gasteiger partial charge on any atom is 0.226 e. The van der Waals surface area contributed by atoms with E-state index >= 15 is 0 Å². The number of ether oxygens (including phenoxy) is 1. The first-order chi connectivity index (χ1) is 12.2. The molecule has 1 aliphatic rings. The molecule has 130 valence electrons. The molecule has 1 amide bonds. The van der Waals surface area contributed by atoms with Crippen LogP contribution in [0.5, 0.6) is 0 Å². The van der Waals surface area contributed by atoms with Crippen LogP contribution < -0.4 is 5.32 Å². The Bertz CT molecular complexity index is 882. The van der Waals surface area contributed by atoms with E-state index in [1.165, 1.54) is 11.3 Å². The van der Waals surface area contributed by atoms with Crippen LogP contribution in [0.2, 0.25) is 5.02 Å². The highest BCUT2D eigenvalue weighted by atomic mass is 35.5. The molecule has 0 aliphatic carbocycles. The monoisotopic (exact) mass is 375 g/mol. The van der Waals surface area contributed by atoms with Crippen LogP contribution in [0.15, 0.2) is 35.8 Å². The van der Waals surface area contributed by atoms with Gasteiger partial charge >= 0.3 is 0 Å². The smallest absolute Gasteiger partial charge is 0.226 e. The van der Waals surface area contributed by atoms with Crippen molar-refractivity contribution in [2.75, 3.05) is 13.2 Å². The van der Waals surface area contributed by atoms with Crippen molar-refractivity contribution in [2.24, 2.45) is 0 Å². The van der Waals surface area contributed by atoms with Crippen molar-refractivity contribution in [1.82, 2.24) is 14.7 Å². The van der Waals surface area contributed by atoms with Gasteiger partial charge in [0.2, 0.25) is 5.91 Å². The van der Waals surface area contributed by atoms with Gasteiger partial charge in [0.05, 0.1) is 18.2 Å². The van der Waals surface area contributed by atoms with Crippen molar-refractivity contribution >= 4 is 33.8 Å². The Kier molecular flexibility index (Phi) is 4.74. The van der Waals surface area contributed by atoms with Crippen LogP contribution in [-0.4, -0.2) is 34.5 Å². The highest BCUT2D eigenvalue weighted by Gasteiger charge is 2.17. The predicted octanol–water partition coefficient (Wildman–Crippen LogP) is 3.55. The van der Waals surface area contributed by atoms with E-state index in [1.54, 1.807) is 0 Å². The molecular formula is C18H18ClN3O2S. The quantitative estimate of drug-likeness (QED) is 0.741. The fourth-order valence-electron chi connectivity index (χ4n) is 2.98. The van der Waals surface area contributed by atoms with Crippen molar-refractivity contribution in [3.63, 3.8) is 0 Å². The average molecular weight is 376 g/mol. The van der Waals surface area contributed by atoms with Crippen LogP contribution in [0.3, 0.4) is 0 Å². The van der Waals surface area contributed by atoms with Crippen LogP contribution in [0.1, 0.15) is 18.5 Å². The van der Waals surface area contributed by atoms with Gasteiger partial charge in [-0.15, -0.1) is 11.3 Å². The topological polar surface area (TPSA) is 55.6 Å². The number of thiazole rings is 1. The lowest BCUT2D eigenvalue weighted by Gasteiger charge is -2.10. The number of benzene rings is 1. The van der Waals surface area contributed by atoms with Gasteiger partial charge < -0.3 is 10.1 Å². The van der Waals surface area contributed by atoms with Gasteiger partial charge in [0, 0.05) is 41.0 Å². The van der Waals surface area contributed by atoms with Crippen molar-refractivity contribution in [2.45, 2.75) is 25.4 Å². The van der Waals surface area contributed by atoms with Gasteiger partial charge in [-0.3, -0.25) is 9.20 Å². The third kappa shape index (κ3) is 3.71. The van der Waals surface area contributed by atoms with E-state index in [2.05, 4.69) is 10.3 Å². The van der Waals surface area contributed by atoms with E-state index in [0.717, 1.165) is 41.4 Å². The number of halogens is 1. The van der Waals surface area contributed by atoms with Gasteiger partial charge in [-0.2, -0.15) is 0 Å². The molecule has 0 bridgehead atoms. The SMILES string of the molecule is O=C(Cc1csc2nc(-c3ccc(Cl)cc3)cn12)NC[C@H]1CCCO1. The summed E-state index contributed by atoms with van der Waals surface area (Å²) in [6.07, 6.45) is 4.57. The molecule has 3 aromatic rings. The third-order valence-corrected chi connectivity index (χ3v) is 5.46. The van der Waals surface area contributed by atoms with Crippen LogP contribution >= 0.6 is 22.9 Å². The number of hydrogen-bond acceptors (Lipinski definition) is 4. The maximum atomic E-state index is 12.2. The summed E-state index contributed by atoms with van der Waals surface area (Å²) in [4.78, 5) is 17.7. The van der Waals surface area contributed by atoms with E-state index in [9.17, 15) is 4.79 Å². The number of amides is 1. The molecule has 2 aromatic heterocycles. The summed E-state index contributed by atoms with van der Waals surface area (Å²) in [6.45, 7) is 1.39. The molecule has 0 spiro atoms. The Morgan fingerprint density at radius 3 is 3.00 bits per heavy atom. The van der Waals surface area contributed by atoms with E-state index < -0.39 is 0 Å². The van der Waals surface area contributed by atoms with Gasteiger partial charge in [-0.1, -0.05) is 23.7 Å². The molecule has 1 N–H and O–H groups in total. The van der Waals surface area contributed by atoms with Crippen molar-refractivity contribution in [3.05, 3.63) is 46.6 Å². The van der Waals surface area contributed by atoms with E-state index in [4.69, 9.17) is 16.3 Å². The van der Waals surface area contributed by atoms with Crippen LogP contribution in [0.4, 0.5) is 0 Å². The van der Waals surface area contributed by atoms with Crippen molar-refractivity contribution < 1.29 is 9.53 Å². The number of rotatable bonds is 5. The number of nitrogens with zero attached hydrogens (tertiary/aromatic N) is 2. The van der Waals surface area contributed by atoms with Gasteiger partial charge in [-0.05, 0) is 25.0 Å². The number of carbonyl (C=O) groups is 1. The number of imidazole rings is 1. The zero-order chi connectivity index (χ0) is 17.2. The minimum Gasteiger partial charge on any atom is -0.376 e. The maximum absolute atomic E-state index is 12.2. The fourth-order valence-corrected chi connectivity index (χ4v) is 3.98. The predicted molar refractivity (Wildman–Crippen MR) is 99.2 cm³/mol. The largest absolute Gasteiger partial charge is 0.376 e. The normalized spacial score (nSPS) is 17.2. The molecule has 0 radical (unpaired) electrons. The first-order valence-electron chi connectivity index (χ1n) is 8.29. The van der Waals surface area contributed by atoms with Crippen LogP contribution in [0.25, 0.3) is 16.2 Å². The highest BCUT2D eigenvalue weighted by molar-refractivity contribution is 7.15. The molecule has 0 saturated carbocycles. The number of fused-ring (bicyclic) bond motifs is 1. The first-order valence-corrected chi connectivity index (χ1v) is 9.54. The molecule has 1 aromatic carbocycles. The van der Waals surface area contributed by atoms with Crippen molar-refractivity contribution in [1.29, 1.82) is 0 Å². The second kappa shape index (κ2) is 7.15.